The third kappa shape index (κ3) is 2.87. The molecular formula is C19H23N5O. The molecule has 6 heteroatoms. The summed E-state index contributed by atoms with van der Waals surface area (Å²) in [5.74, 6) is 0. The first kappa shape index (κ1) is 16.0. The van der Waals surface area contributed by atoms with Crippen molar-refractivity contribution in [1.29, 1.82) is 0 Å². The van der Waals surface area contributed by atoms with Crippen LogP contribution in [0.25, 0.3) is 5.65 Å². The molecule has 3 aromatic heterocycles. The van der Waals surface area contributed by atoms with Crippen molar-refractivity contribution in [2.75, 3.05) is 6.54 Å². The Kier molecular flexibility index (Phi) is 3.92. The summed E-state index contributed by atoms with van der Waals surface area (Å²) in [6, 6.07) is 5.91. The van der Waals surface area contributed by atoms with Crippen LogP contribution in [0.5, 0.6) is 0 Å². The van der Waals surface area contributed by atoms with E-state index >= 15 is 0 Å². The van der Waals surface area contributed by atoms with Gasteiger partial charge in [-0.1, -0.05) is 6.07 Å². The van der Waals surface area contributed by atoms with Crippen LogP contribution in [0.4, 0.5) is 0 Å². The van der Waals surface area contributed by atoms with Gasteiger partial charge < -0.3 is 0 Å². The summed E-state index contributed by atoms with van der Waals surface area (Å²) in [4.78, 5) is 19.5. The average molecular weight is 337 g/mol. The molecule has 4 rings (SSSR count). The summed E-state index contributed by atoms with van der Waals surface area (Å²) in [5, 5.41) is 7.44. The third-order valence-electron chi connectivity index (χ3n) is 5.11. The number of aromatic nitrogens is 4. The SMILES string of the molecule is Cc1ccc2nc(CN3CCCC3c3c(C)n[nH]c3C)cc(=O)n2c1. The van der Waals surface area contributed by atoms with E-state index in [1.54, 1.807) is 10.5 Å². The zero-order chi connectivity index (χ0) is 17.6. The van der Waals surface area contributed by atoms with Gasteiger partial charge in [-0.15, -0.1) is 0 Å². The predicted molar refractivity (Wildman–Crippen MR) is 96.6 cm³/mol. The number of aromatic amines is 1. The zero-order valence-electron chi connectivity index (χ0n) is 14.9. The average Bonchev–Trinajstić information content (AvgIpc) is 3.14. The first-order valence-corrected chi connectivity index (χ1v) is 8.77. The fourth-order valence-electron chi connectivity index (χ4n) is 3.94. The number of nitrogens with one attached hydrogen (secondary N) is 1. The van der Waals surface area contributed by atoms with E-state index in [1.165, 1.54) is 5.56 Å². The Morgan fingerprint density at radius 1 is 1.28 bits per heavy atom. The van der Waals surface area contributed by atoms with Crippen molar-refractivity contribution in [2.24, 2.45) is 0 Å². The van der Waals surface area contributed by atoms with Crippen LogP contribution in [0.2, 0.25) is 0 Å². The Balaban J connectivity index is 1.66. The van der Waals surface area contributed by atoms with E-state index < -0.39 is 0 Å². The highest BCUT2D eigenvalue weighted by Gasteiger charge is 2.30. The van der Waals surface area contributed by atoms with E-state index in [4.69, 9.17) is 4.98 Å². The lowest BCUT2D eigenvalue weighted by Gasteiger charge is -2.24. The van der Waals surface area contributed by atoms with Gasteiger partial charge in [0, 0.05) is 36.1 Å². The van der Waals surface area contributed by atoms with Crippen LogP contribution in [-0.4, -0.2) is 31.0 Å². The minimum Gasteiger partial charge on any atom is -0.290 e. The second-order valence-electron chi connectivity index (χ2n) is 7.00. The maximum Gasteiger partial charge on any atom is 0.258 e. The summed E-state index contributed by atoms with van der Waals surface area (Å²) in [5.41, 5.74) is 6.07. The second-order valence-corrected chi connectivity index (χ2v) is 7.00. The predicted octanol–water partition coefficient (Wildman–Crippen LogP) is 2.68. The van der Waals surface area contributed by atoms with Gasteiger partial charge in [-0.3, -0.25) is 19.2 Å². The Morgan fingerprint density at radius 2 is 2.12 bits per heavy atom. The molecule has 0 radical (unpaired) electrons. The lowest BCUT2D eigenvalue weighted by Crippen LogP contribution is -2.26. The molecule has 1 unspecified atom stereocenters. The Bertz CT molecular complexity index is 968. The van der Waals surface area contributed by atoms with Crippen molar-refractivity contribution in [3.8, 4) is 0 Å². The molecule has 3 aromatic rings. The highest BCUT2D eigenvalue weighted by molar-refractivity contribution is 5.40. The molecule has 0 aliphatic carbocycles. The van der Waals surface area contributed by atoms with Gasteiger partial charge in [-0.25, -0.2) is 4.98 Å². The van der Waals surface area contributed by atoms with Gasteiger partial charge in [0.1, 0.15) is 5.65 Å². The molecule has 0 bridgehead atoms. The highest BCUT2D eigenvalue weighted by Crippen LogP contribution is 2.35. The van der Waals surface area contributed by atoms with Crippen molar-refractivity contribution in [2.45, 2.75) is 46.2 Å². The number of nitrogens with zero attached hydrogens (tertiary/aromatic N) is 4. The van der Waals surface area contributed by atoms with Gasteiger partial charge in [0.2, 0.25) is 0 Å². The van der Waals surface area contributed by atoms with E-state index in [0.29, 0.717) is 18.2 Å². The van der Waals surface area contributed by atoms with Gasteiger partial charge in [-0.2, -0.15) is 5.10 Å². The fourth-order valence-corrected chi connectivity index (χ4v) is 3.94. The number of hydrogen-bond donors (Lipinski definition) is 1. The summed E-state index contributed by atoms with van der Waals surface area (Å²) in [7, 11) is 0. The van der Waals surface area contributed by atoms with Gasteiger partial charge in [0.25, 0.3) is 5.56 Å². The first-order valence-electron chi connectivity index (χ1n) is 8.77. The Hall–Kier alpha value is -2.47. The standard InChI is InChI=1S/C19H23N5O/c1-12-6-7-17-20-15(9-18(25)24(17)10-12)11-23-8-4-5-16(23)19-13(2)21-22-14(19)3/h6-7,9-10,16H,4-5,8,11H2,1-3H3,(H,21,22). The minimum absolute atomic E-state index is 0.0184. The topological polar surface area (TPSA) is 66.3 Å². The molecule has 1 N–H and O–H groups in total. The summed E-state index contributed by atoms with van der Waals surface area (Å²) >= 11 is 0. The molecule has 1 saturated heterocycles. The van der Waals surface area contributed by atoms with Crippen molar-refractivity contribution in [3.05, 3.63) is 63.0 Å². The molecule has 4 heterocycles. The van der Waals surface area contributed by atoms with Gasteiger partial charge in [-0.05, 0) is 51.8 Å². The molecule has 0 aromatic carbocycles. The number of hydrogen-bond acceptors (Lipinski definition) is 4. The Morgan fingerprint density at radius 3 is 2.88 bits per heavy atom. The van der Waals surface area contributed by atoms with E-state index in [9.17, 15) is 4.79 Å². The van der Waals surface area contributed by atoms with Crippen LogP contribution >= 0.6 is 0 Å². The van der Waals surface area contributed by atoms with E-state index in [1.807, 2.05) is 25.3 Å². The quantitative estimate of drug-likeness (QED) is 0.798. The third-order valence-corrected chi connectivity index (χ3v) is 5.11. The summed E-state index contributed by atoms with van der Waals surface area (Å²) < 4.78 is 1.62. The van der Waals surface area contributed by atoms with Crippen LogP contribution < -0.4 is 5.56 Å². The fraction of sp³-hybridized carbons (Fsp3) is 0.421. The van der Waals surface area contributed by atoms with Crippen LogP contribution in [0.1, 0.15) is 47.1 Å². The molecule has 0 amide bonds. The first-order chi connectivity index (χ1) is 12.0. The number of rotatable bonds is 3. The molecule has 1 aliphatic rings. The number of likely N-dealkylation sites (tertiary alicyclic amines) is 1. The maximum absolute atomic E-state index is 12.4. The Labute approximate surface area is 146 Å². The van der Waals surface area contributed by atoms with E-state index in [0.717, 1.165) is 42.0 Å². The van der Waals surface area contributed by atoms with E-state index in [-0.39, 0.29) is 5.56 Å². The summed E-state index contributed by atoms with van der Waals surface area (Å²) in [6.07, 6.45) is 4.11. The molecule has 1 aliphatic heterocycles. The largest absolute Gasteiger partial charge is 0.290 e. The second kappa shape index (κ2) is 6.11. The molecule has 25 heavy (non-hydrogen) atoms. The smallest absolute Gasteiger partial charge is 0.258 e. The minimum atomic E-state index is -0.0184. The number of fused-ring (bicyclic) bond motifs is 1. The van der Waals surface area contributed by atoms with Gasteiger partial charge in [0.15, 0.2) is 0 Å². The van der Waals surface area contributed by atoms with Gasteiger partial charge in [0.05, 0.1) is 11.4 Å². The van der Waals surface area contributed by atoms with Crippen molar-refractivity contribution >= 4 is 5.65 Å². The normalized spacial score (nSPS) is 18.3. The molecule has 1 atom stereocenters. The van der Waals surface area contributed by atoms with Crippen LogP contribution in [0, 0.1) is 20.8 Å². The monoisotopic (exact) mass is 337 g/mol. The van der Waals surface area contributed by atoms with Crippen LogP contribution in [-0.2, 0) is 6.54 Å². The molecule has 1 fully saturated rings. The molecule has 6 nitrogen and oxygen atoms in total. The van der Waals surface area contributed by atoms with Crippen LogP contribution in [0.3, 0.4) is 0 Å². The van der Waals surface area contributed by atoms with Crippen molar-refractivity contribution in [1.82, 2.24) is 24.5 Å². The van der Waals surface area contributed by atoms with Crippen molar-refractivity contribution in [3.63, 3.8) is 0 Å². The summed E-state index contributed by atoms with van der Waals surface area (Å²) in [6.45, 7) is 7.81. The van der Waals surface area contributed by atoms with Crippen LogP contribution in [0.15, 0.2) is 29.2 Å². The van der Waals surface area contributed by atoms with Gasteiger partial charge >= 0.3 is 0 Å². The maximum atomic E-state index is 12.4. The lowest BCUT2D eigenvalue weighted by atomic mass is 10.0. The lowest BCUT2D eigenvalue weighted by molar-refractivity contribution is 0.244. The molecule has 130 valence electrons. The zero-order valence-corrected chi connectivity index (χ0v) is 14.9. The molecule has 0 saturated carbocycles. The number of aryl methyl sites for hydroxylation is 3. The molecule has 0 spiro atoms. The number of pyridine rings is 1. The number of H-pyrrole nitrogens is 1. The molecular weight excluding hydrogens is 314 g/mol. The highest BCUT2D eigenvalue weighted by atomic mass is 16.1. The van der Waals surface area contributed by atoms with Crippen molar-refractivity contribution < 1.29 is 0 Å². The van der Waals surface area contributed by atoms with E-state index in [2.05, 4.69) is 28.9 Å².